The van der Waals surface area contributed by atoms with E-state index in [4.69, 9.17) is 0 Å². The maximum Gasteiger partial charge on any atom is 0.0312 e. The zero-order valence-corrected chi connectivity index (χ0v) is 11.0. The second-order valence-corrected chi connectivity index (χ2v) is 4.84. The van der Waals surface area contributed by atoms with E-state index in [1.807, 2.05) is 12.3 Å². The van der Waals surface area contributed by atoms with Gasteiger partial charge in [-0.25, -0.2) is 0 Å². The lowest BCUT2D eigenvalue weighted by atomic mass is 10.2. The summed E-state index contributed by atoms with van der Waals surface area (Å²) in [5, 5.41) is 3.39. The van der Waals surface area contributed by atoms with Crippen LogP contribution in [0.4, 0.5) is 0 Å². The molecule has 0 radical (unpaired) electrons. The molecule has 0 saturated carbocycles. The van der Waals surface area contributed by atoms with Gasteiger partial charge in [-0.15, -0.1) is 0 Å². The molecule has 1 N–H and O–H groups in total. The summed E-state index contributed by atoms with van der Waals surface area (Å²) in [5.41, 5.74) is 2.53. The van der Waals surface area contributed by atoms with E-state index < -0.39 is 0 Å². The summed E-state index contributed by atoms with van der Waals surface area (Å²) in [4.78, 5) is 4.08. The standard InChI is InChI=1S/C13H13IN2/c14-13-5-3-11(4-6-13)8-16-10-12-2-1-7-15-9-12/h1-7,9,16H,8,10H2. The van der Waals surface area contributed by atoms with Gasteiger partial charge in [0, 0.05) is 29.1 Å². The molecule has 1 aromatic heterocycles. The van der Waals surface area contributed by atoms with Crippen molar-refractivity contribution in [2.45, 2.75) is 13.1 Å². The van der Waals surface area contributed by atoms with Crippen LogP contribution in [0.1, 0.15) is 11.1 Å². The third kappa shape index (κ3) is 3.57. The van der Waals surface area contributed by atoms with Crippen molar-refractivity contribution in [1.82, 2.24) is 10.3 Å². The molecule has 0 amide bonds. The Kier molecular flexibility index (Phi) is 4.30. The zero-order valence-electron chi connectivity index (χ0n) is 8.86. The molecule has 1 heterocycles. The minimum Gasteiger partial charge on any atom is -0.309 e. The quantitative estimate of drug-likeness (QED) is 0.875. The van der Waals surface area contributed by atoms with Gasteiger partial charge in [-0.05, 0) is 51.9 Å². The summed E-state index contributed by atoms with van der Waals surface area (Å²) in [6.07, 6.45) is 3.68. The molecule has 16 heavy (non-hydrogen) atoms. The molecule has 2 nitrogen and oxygen atoms in total. The Morgan fingerprint density at radius 3 is 2.44 bits per heavy atom. The first kappa shape index (κ1) is 11.5. The number of pyridine rings is 1. The van der Waals surface area contributed by atoms with Gasteiger partial charge in [0.05, 0.1) is 0 Å². The average Bonchev–Trinajstić information content (AvgIpc) is 2.33. The van der Waals surface area contributed by atoms with Gasteiger partial charge < -0.3 is 5.32 Å². The first-order chi connectivity index (χ1) is 7.84. The van der Waals surface area contributed by atoms with Gasteiger partial charge in [0.2, 0.25) is 0 Å². The lowest BCUT2D eigenvalue weighted by molar-refractivity contribution is 0.691. The molecule has 0 unspecified atom stereocenters. The highest BCUT2D eigenvalue weighted by Crippen LogP contribution is 2.06. The molecule has 0 saturated heterocycles. The van der Waals surface area contributed by atoms with Gasteiger partial charge in [0.25, 0.3) is 0 Å². The van der Waals surface area contributed by atoms with Crippen LogP contribution >= 0.6 is 22.6 Å². The predicted octanol–water partition coefficient (Wildman–Crippen LogP) is 2.98. The normalized spacial score (nSPS) is 10.3. The van der Waals surface area contributed by atoms with Crippen molar-refractivity contribution in [3.63, 3.8) is 0 Å². The molecule has 2 rings (SSSR count). The van der Waals surface area contributed by atoms with E-state index in [2.05, 4.69) is 63.2 Å². The fraction of sp³-hybridized carbons (Fsp3) is 0.154. The van der Waals surface area contributed by atoms with Crippen molar-refractivity contribution >= 4 is 22.6 Å². The molecule has 82 valence electrons. The Morgan fingerprint density at radius 2 is 1.75 bits per heavy atom. The number of benzene rings is 1. The average molecular weight is 324 g/mol. The summed E-state index contributed by atoms with van der Waals surface area (Å²) in [7, 11) is 0. The van der Waals surface area contributed by atoms with Gasteiger partial charge in [-0.3, -0.25) is 4.98 Å². The second-order valence-electron chi connectivity index (χ2n) is 3.59. The summed E-state index contributed by atoms with van der Waals surface area (Å²) in [5.74, 6) is 0. The molecule has 0 spiro atoms. The SMILES string of the molecule is Ic1ccc(CNCc2cccnc2)cc1. The molecular formula is C13H13IN2. The first-order valence-electron chi connectivity index (χ1n) is 5.18. The molecule has 2 aromatic rings. The minimum atomic E-state index is 0.861. The summed E-state index contributed by atoms with van der Waals surface area (Å²) in [6.45, 7) is 1.76. The van der Waals surface area contributed by atoms with Crippen LogP contribution < -0.4 is 5.32 Å². The lowest BCUT2D eigenvalue weighted by Gasteiger charge is -2.04. The highest BCUT2D eigenvalue weighted by atomic mass is 127. The molecule has 0 fully saturated rings. The third-order valence-electron chi connectivity index (χ3n) is 2.29. The number of nitrogens with zero attached hydrogens (tertiary/aromatic N) is 1. The first-order valence-corrected chi connectivity index (χ1v) is 6.26. The van der Waals surface area contributed by atoms with Crippen molar-refractivity contribution in [1.29, 1.82) is 0 Å². The molecule has 0 bridgehead atoms. The second kappa shape index (κ2) is 5.96. The smallest absolute Gasteiger partial charge is 0.0312 e. The number of rotatable bonds is 4. The fourth-order valence-electron chi connectivity index (χ4n) is 1.46. The number of nitrogens with one attached hydrogen (secondary N) is 1. The van der Waals surface area contributed by atoms with Crippen LogP contribution in [0.3, 0.4) is 0 Å². The fourth-order valence-corrected chi connectivity index (χ4v) is 1.82. The Labute approximate surface area is 109 Å². The van der Waals surface area contributed by atoms with E-state index in [0.717, 1.165) is 13.1 Å². The molecule has 0 aliphatic rings. The molecule has 0 aliphatic heterocycles. The number of hydrogen-bond acceptors (Lipinski definition) is 2. The molecule has 0 aliphatic carbocycles. The molecule has 3 heteroatoms. The van der Waals surface area contributed by atoms with E-state index in [1.165, 1.54) is 14.7 Å². The van der Waals surface area contributed by atoms with E-state index in [-0.39, 0.29) is 0 Å². The van der Waals surface area contributed by atoms with Crippen LogP contribution in [0.25, 0.3) is 0 Å². The molecule has 0 atom stereocenters. The van der Waals surface area contributed by atoms with Gasteiger partial charge in [-0.1, -0.05) is 18.2 Å². The Bertz CT molecular complexity index is 425. The van der Waals surface area contributed by atoms with Crippen molar-refractivity contribution in [3.05, 3.63) is 63.5 Å². The van der Waals surface area contributed by atoms with Crippen molar-refractivity contribution in [2.24, 2.45) is 0 Å². The zero-order chi connectivity index (χ0) is 11.2. The van der Waals surface area contributed by atoms with Gasteiger partial charge in [0.1, 0.15) is 0 Å². The van der Waals surface area contributed by atoms with Crippen LogP contribution in [0, 0.1) is 3.57 Å². The topological polar surface area (TPSA) is 24.9 Å². The van der Waals surface area contributed by atoms with Crippen LogP contribution in [-0.2, 0) is 13.1 Å². The van der Waals surface area contributed by atoms with Crippen molar-refractivity contribution in [3.8, 4) is 0 Å². The molecule has 1 aromatic carbocycles. The summed E-state index contributed by atoms with van der Waals surface area (Å²) < 4.78 is 1.27. The predicted molar refractivity (Wildman–Crippen MR) is 73.9 cm³/mol. The van der Waals surface area contributed by atoms with E-state index in [1.54, 1.807) is 6.20 Å². The number of aromatic nitrogens is 1. The van der Waals surface area contributed by atoms with E-state index >= 15 is 0 Å². The van der Waals surface area contributed by atoms with Crippen molar-refractivity contribution in [2.75, 3.05) is 0 Å². The third-order valence-corrected chi connectivity index (χ3v) is 3.01. The monoisotopic (exact) mass is 324 g/mol. The summed E-state index contributed by atoms with van der Waals surface area (Å²) >= 11 is 2.31. The number of halogens is 1. The number of hydrogen-bond donors (Lipinski definition) is 1. The largest absolute Gasteiger partial charge is 0.309 e. The van der Waals surface area contributed by atoms with Crippen LogP contribution in [0.5, 0.6) is 0 Å². The Balaban J connectivity index is 1.82. The van der Waals surface area contributed by atoms with Crippen LogP contribution in [0.15, 0.2) is 48.8 Å². The van der Waals surface area contributed by atoms with Gasteiger partial charge in [-0.2, -0.15) is 0 Å². The Morgan fingerprint density at radius 1 is 1.00 bits per heavy atom. The summed E-state index contributed by atoms with van der Waals surface area (Å²) in [6, 6.07) is 12.6. The Hall–Kier alpha value is -0.940. The van der Waals surface area contributed by atoms with Gasteiger partial charge in [0.15, 0.2) is 0 Å². The van der Waals surface area contributed by atoms with Crippen LogP contribution in [-0.4, -0.2) is 4.98 Å². The van der Waals surface area contributed by atoms with Crippen LogP contribution in [0.2, 0.25) is 0 Å². The lowest BCUT2D eigenvalue weighted by Crippen LogP contribution is -2.12. The highest BCUT2D eigenvalue weighted by molar-refractivity contribution is 14.1. The maximum absolute atomic E-state index is 4.08. The molecular weight excluding hydrogens is 311 g/mol. The minimum absolute atomic E-state index is 0.861. The van der Waals surface area contributed by atoms with E-state index in [0.29, 0.717) is 0 Å². The highest BCUT2D eigenvalue weighted by Gasteiger charge is 1.94. The van der Waals surface area contributed by atoms with Gasteiger partial charge >= 0.3 is 0 Å². The maximum atomic E-state index is 4.08. The van der Waals surface area contributed by atoms with Crippen molar-refractivity contribution < 1.29 is 0 Å². The van der Waals surface area contributed by atoms with E-state index in [9.17, 15) is 0 Å².